The normalized spacial score (nSPS) is 10.7. The SMILES string of the molecule is CC(=O)c1cccc(C(=O)n2[nH]c3ccccc3c2=O)c1. The third kappa shape index (κ3) is 2.18. The Balaban J connectivity index is 2.13. The Kier molecular flexibility index (Phi) is 3.02. The number of Topliss-reactive ketones (excluding diaryl/α,β-unsaturated/α-hetero) is 1. The van der Waals surface area contributed by atoms with Gasteiger partial charge in [-0.3, -0.25) is 19.5 Å². The van der Waals surface area contributed by atoms with Crippen molar-refractivity contribution in [2.45, 2.75) is 6.92 Å². The van der Waals surface area contributed by atoms with E-state index in [4.69, 9.17) is 0 Å². The van der Waals surface area contributed by atoms with Gasteiger partial charge >= 0.3 is 0 Å². The number of ketones is 1. The van der Waals surface area contributed by atoms with E-state index in [0.717, 1.165) is 4.68 Å². The Morgan fingerprint density at radius 3 is 2.43 bits per heavy atom. The maximum Gasteiger partial charge on any atom is 0.281 e. The molecule has 1 N–H and O–H groups in total. The molecule has 0 unspecified atom stereocenters. The van der Waals surface area contributed by atoms with Gasteiger partial charge in [0.05, 0.1) is 10.9 Å². The number of fused-ring (bicyclic) bond motifs is 1. The molecule has 1 aromatic heterocycles. The first kappa shape index (κ1) is 13.1. The molecule has 104 valence electrons. The predicted octanol–water partition coefficient (Wildman–Crippen LogP) is 2.22. The molecular formula is C16H12N2O3. The molecule has 2 aromatic carbocycles. The highest BCUT2D eigenvalue weighted by atomic mass is 16.2. The number of aromatic nitrogens is 2. The highest BCUT2D eigenvalue weighted by Gasteiger charge is 2.15. The van der Waals surface area contributed by atoms with Gasteiger partial charge in [0, 0.05) is 11.1 Å². The first-order chi connectivity index (χ1) is 10.1. The third-order valence-electron chi connectivity index (χ3n) is 3.31. The summed E-state index contributed by atoms with van der Waals surface area (Å²) in [4.78, 5) is 36.0. The average molecular weight is 280 g/mol. The van der Waals surface area contributed by atoms with Crippen LogP contribution in [0.2, 0.25) is 0 Å². The number of para-hydroxylation sites is 1. The molecule has 21 heavy (non-hydrogen) atoms. The van der Waals surface area contributed by atoms with E-state index in [1.807, 2.05) is 0 Å². The number of nitrogens with zero attached hydrogens (tertiary/aromatic N) is 1. The second kappa shape index (κ2) is 4.86. The number of H-pyrrole nitrogens is 1. The van der Waals surface area contributed by atoms with Crippen LogP contribution < -0.4 is 5.56 Å². The third-order valence-corrected chi connectivity index (χ3v) is 3.31. The van der Waals surface area contributed by atoms with Crippen LogP contribution in [0.25, 0.3) is 10.9 Å². The maximum atomic E-state index is 12.4. The lowest BCUT2D eigenvalue weighted by Crippen LogP contribution is -2.25. The molecule has 0 atom stereocenters. The second-order valence-corrected chi connectivity index (χ2v) is 4.74. The summed E-state index contributed by atoms with van der Waals surface area (Å²) in [7, 11) is 0. The molecule has 0 radical (unpaired) electrons. The van der Waals surface area contributed by atoms with Crippen molar-refractivity contribution in [3.8, 4) is 0 Å². The zero-order valence-corrected chi connectivity index (χ0v) is 11.3. The number of carbonyl (C=O) groups excluding carboxylic acids is 2. The number of hydrogen-bond donors (Lipinski definition) is 1. The molecule has 3 rings (SSSR count). The lowest BCUT2D eigenvalue weighted by molar-refractivity contribution is 0.0942. The van der Waals surface area contributed by atoms with Gasteiger partial charge in [-0.2, -0.15) is 4.68 Å². The first-order valence-electron chi connectivity index (χ1n) is 6.43. The second-order valence-electron chi connectivity index (χ2n) is 4.74. The molecule has 5 heteroatoms. The van der Waals surface area contributed by atoms with Crippen molar-refractivity contribution < 1.29 is 9.59 Å². The molecule has 0 fully saturated rings. The molecule has 0 saturated carbocycles. The minimum atomic E-state index is -0.487. The highest BCUT2D eigenvalue weighted by Crippen LogP contribution is 2.10. The Labute approximate surface area is 119 Å². The Morgan fingerprint density at radius 2 is 1.71 bits per heavy atom. The lowest BCUT2D eigenvalue weighted by atomic mass is 10.1. The van der Waals surface area contributed by atoms with Crippen LogP contribution in [0, 0.1) is 0 Å². The van der Waals surface area contributed by atoms with Gasteiger partial charge in [0.25, 0.3) is 11.5 Å². The van der Waals surface area contributed by atoms with Gasteiger partial charge in [-0.15, -0.1) is 0 Å². The maximum absolute atomic E-state index is 12.4. The fourth-order valence-corrected chi connectivity index (χ4v) is 2.20. The summed E-state index contributed by atoms with van der Waals surface area (Å²) in [6.07, 6.45) is 0. The van der Waals surface area contributed by atoms with Gasteiger partial charge in [-0.25, -0.2) is 0 Å². The van der Waals surface area contributed by atoms with Crippen LogP contribution >= 0.6 is 0 Å². The number of nitrogens with one attached hydrogen (secondary N) is 1. The van der Waals surface area contributed by atoms with Gasteiger partial charge < -0.3 is 0 Å². The molecule has 0 saturated heterocycles. The van der Waals surface area contributed by atoms with Gasteiger partial charge in [0.2, 0.25) is 0 Å². The summed E-state index contributed by atoms with van der Waals surface area (Å²) in [5, 5.41) is 3.23. The zero-order chi connectivity index (χ0) is 15.0. The van der Waals surface area contributed by atoms with E-state index in [1.54, 1.807) is 42.5 Å². The zero-order valence-electron chi connectivity index (χ0n) is 11.3. The van der Waals surface area contributed by atoms with Crippen LogP contribution in [0.3, 0.4) is 0 Å². The van der Waals surface area contributed by atoms with Gasteiger partial charge in [-0.05, 0) is 31.2 Å². The minimum absolute atomic E-state index is 0.131. The summed E-state index contributed by atoms with van der Waals surface area (Å²) in [5.41, 5.74) is 0.920. The Bertz CT molecular complexity index is 918. The van der Waals surface area contributed by atoms with E-state index in [1.165, 1.54) is 13.0 Å². The first-order valence-corrected chi connectivity index (χ1v) is 6.43. The van der Waals surface area contributed by atoms with Crippen LogP contribution in [-0.2, 0) is 0 Å². The highest BCUT2D eigenvalue weighted by molar-refractivity contribution is 6.01. The minimum Gasteiger partial charge on any atom is -0.295 e. The molecule has 5 nitrogen and oxygen atoms in total. The summed E-state index contributed by atoms with van der Waals surface area (Å²) < 4.78 is 0.962. The van der Waals surface area contributed by atoms with Gasteiger partial charge in [0.1, 0.15) is 0 Å². The van der Waals surface area contributed by atoms with Crippen molar-refractivity contribution >= 4 is 22.6 Å². The van der Waals surface area contributed by atoms with E-state index in [2.05, 4.69) is 5.10 Å². The van der Waals surface area contributed by atoms with Crippen molar-refractivity contribution in [2.75, 3.05) is 0 Å². The topological polar surface area (TPSA) is 71.9 Å². The lowest BCUT2D eigenvalue weighted by Gasteiger charge is -2.02. The van der Waals surface area contributed by atoms with E-state index in [9.17, 15) is 14.4 Å². The molecular weight excluding hydrogens is 268 g/mol. The standard InChI is InChI=1S/C16H12N2O3/c1-10(19)11-5-4-6-12(9-11)15(20)18-16(21)13-7-2-3-8-14(13)17-18/h2-9,17H,1H3. The molecule has 0 amide bonds. The Hall–Kier alpha value is -2.95. The number of rotatable bonds is 2. The van der Waals surface area contributed by atoms with Gasteiger partial charge in [0.15, 0.2) is 5.78 Å². The van der Waals surface area contributed by atoms with E-state index in [0.29, 0.717) is 16.5 Å². The molecule has 0 bridgehead atoms. The fraction of sp³-hybridized carbons (Fsp3) is 0.0625. The molecule has 0 aliphatic rings. The largest absolute Gasteiger partial charge is 0.295 e. The fourth-order valence-electron chi connectivity index (χ4n) is 2.20. The van der Waals surface area contributed by atoms with Crippen molar-refractivity contribution in [1.29, 1.82) is 0 Å². The summed E-state index contributed by atoms with van der Waals surface area (Å²) in [6, 6.07) is 13.2. The number of benzene rings is 2. The van der Waals surface area contributed by atoms with Crippen molar-refractivity contribution in [3.63, 3.8) is 0 Å². The van der Waals surface area contributed by atoms with Gasteiger partial charge in [-0.1, -0.05) is 24.3 Å². The van der Waals surface area contributed by atoms with Crippen LogP contribution in [-0.4, -0.2) is 21.5 Å². The molecule has 1 heterocycles. The van der Waals surface area contributed by atoms with Crippen molar-refractivity contribution in [3.05, 3.63) is 70.0 Å². The summed E-state index contributed by atoms with van der Waals surface area (Å²) in [5.74, 6) is -0.618. The number of hydrogen-bond acceptors (Lipinski definition) is 3. The predicted molar refractivity (Wildman–Crippen MR) is 78.7 cm³/mol. The molecule has 0 aliphatic heterocycles. The van der Waals surface area contributed by atoms with E-state index >= 15 is 0 Å². The van der Waals surface area contributed by atoms with E-state index < -0.39 is 11.5 Å². The van der Waals surface area contributed by atoms with Crippen LogP contribution in [0.1, 0.15) is 27.6 Å². The number of carbonyl (C=O) groups is 2. The molecule has 0 spiro atoms. The Morgan fingerprint density at radius 1 is 1.00 bits per heavy atom. The average Bonchev–Trinajstić information content (AvgIpc) is 2.84. The van der Waals surface area contributed by atoms with Crippen molar-refractivity contribution in [1.82, 2.24) is 9.78 Å². The number of aromatic amines is 1. The van der Waals surface area contributed by atoms with Crippen LogP contribution in [0.15, 0.2) is 53.3 Å². The van der Waals surface area contributed by atoms with Crippen LogP contribution in [0.4, 0.5) is 0 Å². The molecule has 0 aliphatic carbocycles. The molecule has 3 aromatic rings. The summed E-state index contributed by atoms with van der Waals surface area (Å²) in [6.45, 7) is 1.43. The monoisotopic (exact) mass is 280 g/mol. The summed E-state index contributed by atoms with van der Waals surface area (Å²) >= 11 is 0. The quantitative estimate of drug-likeness (QED) is 0.731. The van der Waals surface area contributed by atoms with Crippen molar-refractivity contribution in [2.24, 2.45) is 0 Å². The van der Waals surface area contributed by atoms with Crippen LogP contribution in [0.5, 0.6) is 0 Å². The van der Waals surface area contributed by atoms with E-state index in [-0.39, 0.29) is 11.3 Å². The smallest absolute Gasteiger partial charge is 0.281 e.